The zero-order valence-corrected chi connectivity index (χ0v) is 30.2. The first kappa shape index (κ1) is 26.7. The van der Waals surface area contributed by atoms with E-state index in [4.69, 9.17) is 16.3 Å². The quantitative estimate of drug-likeness (QED) is 0.164. The summed E-state index contributed by atoms with van der Waals surface area (Å²) >= 11 is 1.09. The zero-order chi connectivity index (χ0) is 41.8. The lowest BCUT2D eigenvalue weighted by atomic mass is 9.98. The molecule has 0 unspecified atom stereocenters. The van der Waals surface area contributed by atoms with Gasteiger partial charge < -0.3 is 0 Å². The van der Waals surface area contributed by atoms with Crippen molar-refractivity contribution in [3.05, 3.63) is 200 Å². The predicted octanol–water partition coefficient (Wildman–Crippen LogP) is 13.9. The van der Waals surface area contributed by atoms with Crippen LogP contribution >= 0.6 is 11.3 Å². The predicted molar refractivity (Wildman–Crippen MR) is 231 cm³/mol. The van der Waals surface area contributed by atoms with Crippen LogP contribution in [0.15, 0.2) is 200 Å². The van der Waals surface area contributed by atoms with Gasteiger partial charge in [0.1, 0.15) is 0 Å². The van der Waals surface area contributed by atoms with E-state index in [9.17, 15) is 6.85 Å². The molecule has 10 rings (SSSR count). The summed E-state index contributed by atoms with van der Waals surface area (Å²) in [5, 5.41) is 0.519. The third kappa shape index (κ3) is 6.50. The number of fused-ring (bicyclic) bond motifs is 3. The molecule has 0 radical (unpaired) electrons. The van der Waals surface area contributed by atoms with Gasteiger partial charge in [-0.15, -0.1) is 11.3 Å². The van der Waals surface area contributed by atoms with E-state index in [1.165, 1.54) is 0 Å². The lowest BCUT2D eigenvalue weighted by molar-refractivity contribution is 1.07. The van der Waals surface area contributed by atoms with Crippen molar-refractivity contribution in [3.63, 3.8) is 0 Å². The average molecular weight is 726 g/mol. The standard InChI is InChI=1S/C51H33N3S/c1-4-13-34(14-5-1)37-19-10-22-40(29-37)41-26-28-47-46(32-41)45-27-25-44(33-48(45)55-47)51-53-49(42-23-11-20-38(30-42)35-15-6-2-7-16-35)52-50(54-51)43-24-12-21-39(31-43)36-17-8-3-9-18-36/h1-33H/i25D,26D,27D,28D,32D,33D. The summed E-state index contributed by atoms with van der Waals surface area (Å²) in [6.45, 7) is 0. The van der Waals surface area contributed by atoms with Gasteiger partial charge in [0.05, 0.1) is 8.22 Å². The summed E-state index contributed by atoms with van der Waals surface area (Å²) in [5.74, 6) is 0.746. The molecule has 0 bridgehead atoms. The van der Waals surface area contributed by atoms with Crippen molar-refractivity contribution in [1.82, 2.24) is 15.0 Å². The first-order chi connectivity index (χ1) is 29.7. The maximum atomic E-state index is 9.66. The fourth-order valence-electron chi connectivity index (χ4n) is 6.81. The first-order valence-electron chi connectivity index (χ1n) is 20.9. The van der Waals surface area contributed by atoms with E-state index in [0.717, 1.165) is 44.7 Å². The summed E-state index contributed by atoms with van der Waals surface area (Å²) in [5.41, 5.74) is 8.19. The number of benzene rings is 8. The van der Waals surface area contributed by atoms with Crippen LogP contribution in [0.4, 0.5) is 0 Å². The molecule has 258 valence electrons. The molecule has 4 heteroatoms. The van der Waals surface area contributed by atoms with E-state index in [1.54, 1.807) is 0 Å². The highest BCUT2D eigenvalue weighted by atomic mass is 32.1. The van der Waals surface area contributed by atoms with Crippen molar-refractivity contribution in [3.8, 4) is 78.7 Å². The third-order valence-corrected chi connectivity index (χ3v) is 10.6. The third-order valence-electron chi connectivity index (χ3n) is 9.58. The molecule has 8 aromatic carbocycles. The highest BCUT2D eigenvalue weighted by Gasteiger charge is 2.16. The SMILES string of the molecule is [2H]c1c(-c2cccc(-c3ccccc3)c2)c([2H])c2c(sc3c([2H])c(-c4nc(-c5cccc(-c6ccccc6)c5)nc(-c5cccc(-c6ccccc6)c5)n4)c([2H])c([2H])c32)c1[2H]. The Bertz CT molecular complexity index is 3220. The largest absolute Gasteiger partial charge is 0.208 e. The van der Waals surface area contributed by atoms with Gasteiger partial charge in [0.15, 0.2) is 17.5 Å². The first-order valence-corrected chi connectivity index (χ1v) is 18.8. The molecule has 0 N–H and O–H groups in total. The monoisotopic (exact) mass is 725 g/mol. The number of hydrogen-bond acceptors (Lipinski definition) is 4. The molecule has 0 aliphatic rings. The molecule has 0 fully saturated rings. The summed E-state index contributed by atoms with van der Waals surface area (Å²) < 4.78 is 57.1. The fraction of sp³-hybridized carbons (Fsp3) is 0. The van der Waals surface area contributed by atoms with Crippen molar-refractivity contribution >= 4 is 31.5 Å². The molecule has 0 atom stereocenters. The van der Waals surface area contributed by atoms with Gasteiger partial charge >= 0.3 is 0 Å². The zero-order valence-electron chi connectivity index (χ0n) is 35.3. The lowest BCUT2D eigenvalue weighted by Gasteiger charge is -2.11. The van der Waals surface area contributed by atoms with E-state index >= 15 is 0 Å². The molecule has 2 aromatic heterocycles. The van der Waals surface area contributed by atoms with E-state index < -0.39 is 0 Å². The van der Waals surface area contributed by atoms with Crippen molar-refractivity contribution < 1.29 is 8.22 Å². The molecule has 0 aliphatic heterocycles. The normalized spacial score (nSPS) is 12.8. The Balaban J connectivity index is 1.18. The second-order valence-corrected chi connectivity index (χ2v) is 14.2. The summed E-state index contributed by atoms with van der Waals surface area (Å²) in [6.07, 6.45) is 0. The average Bonchev–Trinajstić information content (AvgIpc) is 3.73. The van der Waals surface area contributed by atoms with Crippen LogP contribution in [0.25, 0.3) is 98.8 Å². The maximum Gasteiger partial charge on any atom is 0.164 e. The highest BCUT2D eigenvalue weighted by Crippen LogP contribution is 2.39. The van der Waals surface area contributed by atoms with Crippen LogP contribution in [0.5, 0.6) is 0 Å². The van der Waals surface area contributed by atoms with Crippen LogP contribution in [0.2, 0.25) is 0 Å². The van der Waals surface area contributed by atoms with E-state index in [2.05, 4.69) is 0 Å². The van der Waals surface area contributed by atoms with Gasteiger partial charge in [-0.3, -0.25) is 0 Å². The smallest absolute Gasteiger partial charge is 0.164 e. The molecular formula is C51H33N3S. The highest BCUT2D eigenvalue weighted by molar-refractivity contribution is 7.25. The molecule has 0 aliphatic carbocycles. The van der Waals surface area contributed by atoms with Crippen LogP contribution in [0, 0.1) is 0 Å². The van der Waals surface area contributed by atoms with E-state index in [0.29, 0.717) is 37.7 Å². The molecule has 10 aromatic rings. The fourth-order valence-corrected chi connectivity index (χ4v) is 7.78. The molecule has 2 heterocycles. The van der Waals surface area contributed by atoms with Gasteiger partial charge in [-0.1, -0.05) is 164 Å². The van der Waals surface area contributed by atoms with Crippen molar-refractivity contribution in [2.75, 3.05) is 0 Å². The van der Waals surface area contributed by atoms with Crippen LogP contribution in [-0.4, -0.2) is 15.0 Å². The number of nitrogens with zero attached hydrogens (tertiary/aromatic N) is 3. The minimum Gasteiger partial charge on any atom is -0.208 e. The molecule has 0 saturated carbocycles. The van der Waals surface area contributed by atoms with Gasteiger partial charge in [-0.05, 0) is 80.8 Å². The molecule has 0 saturated heterocycles. The Hall–Kier alpha value is -7.01. The van der Waals surface area contributed by atoms with Crippen LogP contribution in [0.1, 0.15) is 8.22 Å². The van der Waals surface area contributed by atoms with Gasteiger partial charge in [0, 0.05) is 36.9 Å². The van der Waals surface area contributed by atoms with Crippen molar-refractivity contribution in [1.29, 1.82) is 0 Å². The Morgan fingerprint density at radius 2 is 0.709 bits per heavy atom. The van der Waals surface area contributed by atoms with Gasteiger partial charge in [0.2, 0.25) is 0 Å². The summed E-state index contributed by atoms with van der Waals surface area (Å²) in [4.78, 5) is 14.8. The van der Waals surface area contributed by atoms with Crippen molar-refractivity contribution in [2.45, 2.75) is 0 Å². The van der Waals surface area contributed by atoms with Crippen LogP contribution in [-0.2, 0) is 0 Å². The Morgan fingerprint density at radius 1 is 0.309 bits per heavy atom. The lowest BCUT2D eigenvalue weighted by Crippen LogP contribution is -2.00. The van der Waals surface area contributed by atoms with Gasteiger partial charge in [-0.25, -0.2) is 15.0 Å². The molecular weight excluding hydrogens is 687 g/mol. The Morgan fingerprint density at radius 3 is 1.22 bits per heavy atom. The summed E-state index contributed by atoms with van der Waals surface area (Å²) in [6, 6.07) is 52.4. The Kier molecular flexibility index (Phi) is 6.84. The second-order valence-electron chi connectivity index (χ2n) is 13.2. The minimum absolute atomic E-state index is 0.0196. The summed E-state index contributed by atoms with van der Waals surface area (Å²) in [7, 11) is 0. The van der Waals surface area contributed by atoms with E-state index in [1.807, 2.05) is 164 Å². The van der Waals surface area contributed by atoms with Crippen molar-refractivity contribution in [2.24, 2.45) is 0 Å². The van der Waals surface area contributed by atoms with E-state index in [-0.39, 0.29) is 64.0 Å². The van der Waals surface area contributed by atoms with Crippen LogP contribution < -0.4 is 0 Å². The molecule has 0 amide bonds. The van der Waals surface area contributed by atoms with Gasteiger partial charge in [-0.2, -0.15) is 0 Å². The molecule has 3 nitrogen and oxygen atoms in total. The van der Waals surface area contributed by atoms with Gasteiger partial charge in [0.25, 0.3) is 0 Å². The molecule has 55 heavy (non-hydrogen) atoms. The number of aromatic nitrogens is 3. The minimum atomic E-state index is -0.273. The number of hydrogen-bond donors (Lipinski definition) is 0. The topological polar surface area (TPSA) is 38.7 Å². The number of thiophene rings is 1. The molecule has 0 spiro atoms. The Labute approximate surface area is 332 Å². The number of rotatable bonds is 7. The second kappa shape index (κ2) is 14.1. The van der Waals surface area contributed by atoms with Crippen LogP contribution in [0.3, 0.4) is 0 Å². The maximum absolute atomic E-state index is 9.66.